The first-order chi connectivity index (χ1) is 12.7. The summed E-state index contributed by atoms with van der Waals surface area (Å²) in [5.41, 5.74) is 4.57. The van der Waals surface area contributed by atoms with Gasteiger partial charge in [0.05, 0.1) is 22.9 Å². The second-order valence-electron chi connectivity index (χ2n) is 6.58. The minimum absolute atomic E-state index is 0.169. The Kier molecular flexibility index (Phi) is 4.29. The van der Waals surface area contributed by atoms with Crippen LogP contribution in [-0.2, 0) is 0 Å². The number of para-hydroxylation sites is 1. The average Bonchev–Trinajstić information content (AvgIpc) is 2.67. The number of aryl methyl sites for hydroxylation is 1. The van der Waals surface area contributed by atoms with Crippen LogP contribution in [0.25, 0.3) is 17.1 Å². The van der Waals surface area contributed by atoms with Crippen LogP contribution in [-0.4, -0.2) is 36.1 Å². The fourth-order valence-electron chi connectivity index (χ4n) is 3.47. The first-order valence-corrected chi connectivity index (χ1v) is 8.80. The van der Waals surface area contributed by atoms with Gasteiger partial charge in [0, 0.05) is 31.7 Å². The third-order valence-electron chi connectivity index (χ3n) is 4.83. The summed E-state index contributed by atoms with van der Waals surface area (Å²) in [6.07, 6.45) is 3.65. The van der Waals surface area contributed by atoms with E-state index in [1.165, 1.54) is 6.07 Å². The minimum Gasteiger partial charge on any atom is -0.366 e. The Hall–Kier alpha value is -2.95. The molecule has 4 nitrogen and oxygen atoms in total. The number of aromatic nitrogens is 2. The lowest BCUT2D eigenvalue weighted by Crippen LogP contribution is -2.47. The van der Waals surface area contributed by atoms with Crippen molar-refractivity contribution in [2.75, 3.05) is 36.0 Å². The van der Waals surface area contributed by atoms with Gasteiger partial charge < -0.3 is 9.80 Å². The lowest BCUT2D eigenvalue weighted by Gasteiger charge is -2.36. The van der Waals surface area contributed by atoms with E-state index in [0.29, 0.717) is 5.69 Å². The molecule has 2 heterocycles. The van der Waals surface area contributed by atoms with Gasteiger partial charge in [-0.1, -0.05) is 24.8 Å². The molecule has 2 aromatic carbocycles. The van der Waals surface area contributed by atoms with Gasteiger partial charge >= 0.3 is 0 Å². The molecular weight excluding hydrogens is 327 g/mol. The van der Waals surface area contributed by atoms with E-state index >= 15 is 0 Å². The molecule has 1 fully saturated rings. The Balaban J connectivity index is 1.57. The van der Waals surface area contributed by atoms with Gasteiger partial charge in [-0.3, -0.25) is 4.98 Å². The van der Waals surface area contributed by atoms with E-state index in [4.69, 9.17) is 4.98 Å². The number of hydrogen-bond acceptors (Lipinski definition) is 4. The summed E-state index contributed by atoms with van der Waals surface area (Å²) < 4.78 is 14.0. The molecule has 0 atom stereocenters. The van der Waals surface area contributed by atoms with Crippen LogP contribution >= 0.6 is 0 Å². The van der Waals surface area contributed by atoms with Crippen molar-refractivity contribution in [1.82, 2.24) is 9.97 Å². The molecule has 5 heteroatoms. The monoisotopic (exact) mass is 348 g/mol. The number of piperazine rings is 1. The minimum atomic E-state index is -0.169. The summed E-state index contributed by atoms with van der Waals surface area (Å²) in [5.74, 6) is 0.690. The summed E-state index contributed by atoms with van der Waals surface area (Å²) >= 11 is 0. The van der Waals surface area contributed by atoms with Crippen molar-refractivity contribution in [1.29, 1.82) is 0 Å². The van der Waals surface area contributed by atoms with Crippen molar-refractivity contribution in [3.8, 4) is 0 Å². The number of hydrogen-bond donors (Lipinski definition) is 0. The third kappa shape index (κ3) is 3.01. The van der Waals surface area contributed by atoms with Crippen LogP contribution in [0.1, 0.15) is 11.1 Å². The molecule has 0 bridgehead atoms. The Bertz CT molecular complexity index is 961. The molecule has 0 amide bonds. The summed E-state index contributed by atoms with van der Waals surface area (Å²) in [7, 11) is 0. The van der Waals surface area contributed by atoms with Gasteiger partial charge in [-0.2, -0.15) is 0 Å². The topological polar surface area (TPSA) is 32.3 Å². The maximum atomic E-state index is 14.0. The summed E-state index contributed by atoms with van der Waals surface area (Å²) in [4.78, 5) is 13.7. The van der Waals surface area contributed by atoms with Crippen LogP contribution in [0.3, 0.4) is 0 Å². The van der Waals surface area contributed by atoms with Crippen LogP contribution < -0.4 is 9.80 Å². The molecule has 1 saturated heterocycles. The van der Waals surface area contributed by atoms with E-state index in [2.05, 4.69) is 27.4 Å². The van der Waals surface area contributed by atoms with E-state index in [1.807, 2.05) is 37.4 Å². The molecule has 26 heavy (non-hydrogen) atoms. The van der Waals surface area contributed by atoms with E-state index in [-0.39, 0.29) is 5.82 Å². The molecule has 1 aromatic heterocycles. The molecule has 3 aromatic rings. The zero-order valence-corrected chi connectivity index (χ0v) is 14.8. The van der Waals surface area contributed by atoms with Gasteiger partial charge in [-0.25, -0.2) is 9.37 Å². The lowest BCUT2D eigenvalue weighted by atomic mass is 10.1. The van der Waals surface area contributed by atoms with E-state index in [0.717, 1.165) is 54.2 Å². The Morgan fingerprint density at radius 1 is 1.08 bits per heavy atom. The van der Waals surface area contributed by atoms with Crippen molar-refractivity contribution in [3.63, 3.8) is 0 Å². The SMILES string of the molecule is C=Cc1cc(C)cc2ncc(N3CCN(c4ccccc4F)CC3)nc12. The van der Waals surface area contributed by atoms with Crippen molar-refractivity contribution < 1.29 is 4.39 Å². The molecule has 0 aliphatic carbocycles. The standard InChI is InChI=1S/C21H21FN4/c1-3-16-12-15(2)13-18-21(16)24-20(14-23-18)26-10-8-25(9-11-26)19-7-5-4-6-17(19)22/h3-7,12-14H,1,8-11H2,2H3. The second kappa shape index (κ2) is 6.75. The average molecular weight is 348 g/mol. The Morgan fingerprint density at radius 3 is 2.54 bits per heavy atom. The number of benzene rings is 2. The zero-order valence-electron chi connectivity index (χ0n) is 14.8. The summed E-state index contributed by atoms with van der Waals surface area (Å²) in [6, 6.07) is 11.0. The van der Waals surface area contributed by atoms with Crippen LogP contribution in [0, 0.1) is 12.7 Å². The van der Waals surface area contributed by atoms with Crippen LogP contribution in [0.4, 0.5) is 15.9 Å². The van der Waals surface area contributed by atoms with Gasteiger partial charge in [0.1, 0.15) is 11.6 Å². The smallest absolute Gasteiger partial charge is 0.147 e. The highest BCUT2D eigenvalue weighted by Gasteiger charge is 2.20. The lowest BCUT2D eigenvalue weighted by molar-refractivity contribution is 0.596. The molecule has 0 N–H and O–H groups in total. The van der Waals surface area contributed by atoms with E-state index in [1.54, 1.807) is 6.07 Å². The predicted octanol–water partition coefficient (Wildman–Crippen LogP) is 4.05. The number of anilines is 2. The quantitative estimate of drug-likeness (QED) is 0.715. The Labute approximate surface area is 152 Å². The van der Waals surface area contributed by atoms with Crippen LogP contribution in [0.2, 0.25) is 0 Å². The van der Waals surface area contributed by atoms with Gasteiger partial charge in [0.15, 0.2) is 0 Å². The molecule has 0 radical (unpaired) electrons. The van der Waals surface area contributed by atoms with Crippen molar-refractivity contribution in [2.24, 2.45) is 0 Å². The van der Waals surface area contributed by atoms with Gasteiger partial charge in [0.2, 0.25) is 0 Å². The molecule has 0 spiro atoms. The molecule has 1 aliphatic heterocycles. The number of fused-ring (bicyclic) bond motifs is 1. The first-order valence-electron chi connectivity index (χ1n) is 8.80. The van der Waals surface area contributed by atoms with Crippen molar-refractivity contribution in [3.05, 3.63) is 66.1 Å². The van der Waals surface area contributed by atoms with E-state index in [9.17, 15) is 4.39 Å². The number of halogens is 1. The third-order valence-corrected chi connectivity index (χ3v) is 4.83. The highest BCUT2D eigenvalue weighted by molar-refractivity contribution is 5.85. The molecule has 0 saturated carbocycles. The van der Waals surface area contributed by atoms with Gasteiger partial charge in [-0.15, -0.1) is 0 Å². The Morgan fingerprint density at radius 2 is 1.81 bits per heavy atom. The van der Waals surface area contributed by atoms with Gasteiger partial charge in [-0.05, 0) is 36.8 Å². The molecule has 1 aliphatic rings. The van der Waals surface area contributed by atoms with Crippen LogP contribution in [0.5, 0.6) is 0 Å². The van der Waals surface area contributed by atoms with Crippen LogP contribution in [0.15, 0.2) is 49.2 Å². The predicted molar refractivity (Wildman–Crippen MR) is 105 cm³/mol. The molecular formula is C21H21FN4. The maximum Gasteiger partial charge on any atom is 0.147 e. The fourth-order valence-corrected chi connectivity index (χ4v) is 3.47. The molecule has 4 rings (SSSR count). The van der Waals surface area contributed by atoms with Gasteiger partial charge in [0.25, 0.3) is 0 Å². The van der Waals surface area contributed by atoms with Crippen molar-refractivity contribution in [2.45, 2.75) is 6.92 Å². The molecule has 0 unspecified atom stereocenters. The van der Waals surface area contributed by atoms with E-state index < -0.39 is 0 Å². The largest absolute Gasteiger partial charge is 0.366 e. The summed E-state index contributed by atoms with van der Waals surface area (Å²) in [5, 5.41) is 0. The highest BCUT2D eigenvalue weighted by atomic mass is 19.1. The fraction of sp³-hybridized carbons (Fsp3) is 0.238. The zero-order chi connectivity index (χ0) is 18.1. The summed E-state index contributed by atoms with van der Waals surface area (Å²) in [6.45, 7) is 9.01. The molecule has 132 valence electrons. The highest BCUT2D eigenvalue weighted by Crippen LogP contribution is 2.24. The number of nitrogens with zero attached hydrogens (tertiary/aromatic N) is 4. The second-order valence-corrected chi connectivity index (χ2v) is 6.58. The first kappa shape index (κ1) is 16.5. The maximum absolute atomic E-state index is 14.0. The van der Waals surface area contributed by atoms with Crippen molar-refractivity contribution >= 4 is 28.6 Å². The number of rotatable bonds is 3. The normalized spacial score (nSPS) is 14.7.